The maximum Gasteiger partial charge on any atom is 0.212 e. The van der Waals surface area contributed by atoms with E-state index in [1.807, 2.05) is 19.0 Å². The summed E-state index contributed by atoms with van der Waals surface area (Å²) >= 11 is 6.07. The highest BCUT2D eigenvalue weighted by Crippen LogP contribution is 2.20. The minimum Gasteiger partial charge on any atom is -0.308 e. The van der Waals surface area contributed by atoms with Crippen LogP contribution in [-0.4, -0.2) is 41.1 Å². The van der Waals surface area contributed by atoms with Crippen LogP contribution in [0.1, 0.15) is 21.6 Å². The quantitative estimate of drug-likeness (QED) is 0.797. The number of hydrogen-bond acceptors (Lipinski definition) is 3. The fourth-order valence-electron chi connectivity index (χ4n) is 2.06. The number of aromatic nitrogens is 2. The van der Waals surface area contributed by atoms with Crippen molar-refractivity contribution in [2.45, 2.75) is 13.5 Å². The van der Waals surface area contributed by atoms with E-state index in [1.165, 1.54) is 18.3 Å². The molecular weight excluding hydrogens is 293 g/mol. The molecule has 0 unspecified atom stereocenters. The van der Waals surface area contributed by atoms with Crippen LogP contribution in [-0.2, 0) is 6.54 Å². The Kier molecular flexibility index (Phi) is 4.75. The van der Waals surface area contributed by atoms with Crippen molar-refractivity contribution in [3.8, 4) is 0 Å². The van der Waals surface area contributed by atoms with Crippen LogP contribution < -0.4 is 0 Å². The molecule has 4 nitrogen and oxygen atoms in total. The van der Waals surface area contributed by atoms with E-state index in [0.717, 1.165) is 6.54 Å². The molecule has 2 rings (SSSR count). The minimum atomic E-state index is -0.436. The van der Waals surface area contributed by atoms with Crippen LogP contribution in [0.2, 0.25) is 5.02 Å². The van der Waals surface area contributed by atoms with Crippen molar-refractivity contribution in [2.24, 2.45) is 0 Å². The summed E-state index contributed by atoms with van der Waals surface area (Å²) < 4.78 is 15.0. The SMILES string of the molecule is Cc1cc(F)cc(C(=O)c2c(Cl)cnn2CCN(C)C)c1. The normalized spacial score (nSPS) is 11.1. The number of halogens is 2. The zero-order chi connectivity index (χ0) is 15.6. The fraction of sp³-hybridized carbons (Fsp3) is 0.333. The first-order valence-corrected chi connectivity index (χ1v) is 6.94. The average molecular weight is 310 g/mol. The predicted octanol–water partition coefficient (Wildman–Crippen LogP) is 2.78. The molecule has 112 valence electrons. The van der Waals surface area contributed by atoms with Crippen molar-refractivity contribution in [3.05, 3.63) is 52.1 Å². The molecule has 0 saturated carbocycles. The Hall–Kier alpha value is -1.72. The van der Waals surface area contributed by atoms with Crippen LogP contribution in [0, 0.1) is 12.7 Å². The first kappa shape index (κ1) is 15.7. The Morgan fingerprint density at radius 2 is 2.10 bits per heavy atom. The van der Waals surface area contributed by atoms with Crippen molar-refractivity contribution in [1.29, 1.82) is 0 Å². The Labute approximate surface area is 128 Å². The molecule has 2 aromatic rings. The van der Waals surface area contributed by atoms with E-state index in [2.05, 4.69) is 5.10 Å². The van der Waals surface area contributed by atoms with Crippen LogP contribution in [0.15, 0.2) is 24.4 Å². The van der Waals surface area contributed by atoms with Crippen LogP contribution in [0.4, 0.5) is 4.39 Å². The molecule has 1 aromatic heterocycles. The molecular formula is C15H17ClFN3O. The number of nitrogens with zero attached hydrogens (tertiary/aromatic N) is 3. The van der Waals surface area contributed by atoms with Gasteiger partial charge < -0.3 is 4.90 Å². The zero-order valence-electron chi connectivity index (χ0n) is 12.2. The van der Waals surface area contributed by atoms with Gasteiger partial charge in [-0.15, -0.1) is 0 Å². The van der Waals surface area contributed by atoms with Gasteiger partial charge in [0.25, 0.3) is 0 Å². The third-order valence-electron chi connectivity index (χ3n) is 3.07. The van der Waals surface area contributed by atoms with Gasteiger partial charge in [0.05, 0.1) is 17.8 Å². The van der Waals surface area contributed by atoms with E-state index in [0.29, 0.717) is 17.8 Å². The highest BCUT2D eigenvalue weighted by Gasteiger charge is 2.20. The Balaban J connectivity index is 2.36. The minimum absolute atomic E-state index is 0.278. The van der Waals surface area contributed by atoms with Crippen molar-refractivity contribution in [2.75, 3.05) is 20.6 Å². The largest absolute Gasteiger partial charge is 0.308 e. The number of carbonyl (C=O) groups excluding carboxylic acids is 1. The second-order valence-corrected chi connectivity index (χ2v) is 5.62. The monoisotopic (exact) mass is 309 g/mol. The van der Waals surface area contributed by atoms with Crippen molar-refractivity contribution in [3.63, 3.8) is 0 Å². The molecule has 0 saturated heterocycles. The molecule has 0 radical (unpaired) electrons. The second-order valence-electron chi connectivity index (χ2n) is 5.21. The summed E-state index contributed by atoms with van der Waals surface area (Å²) in [6.45, 7) is 3.00. The molecule has 0 N–H and O–H groups in total. The summed E-state index contributed by atoms with van der Waals surface area (Å²) in [6.07, 6.45) is 1.44. The van der Waals surface area contributed by atoms with E-state index < -0.39 is 5.82 Å². The third-order valence-corrected chi connectivity index (χ3v) is 3.35. The maximum absolute atomic E-state index is 13.5. The van der Waals surface area contributed by atoms with Gasteiger partial charge in [-0.3, -0.25) is 9.48 Å². The lowest BCUT2D eigenvalue weighted by Gasteiger charge is -2.12. The average Bonchev–Trinajstić information content (AvgIpc) is 2.75. The van der Waals surface area contributed by atoms with Crippen LogP contribution in [0.3, 0.4) is 0 Å². The molecule has 0 atom stereocenters. The van der Waals surface area contributed by atoms with Crippen molar-refractivity contribution >= 4 is 17.4 Å². The van der Waals surface area contributed by atoms with E-state index in [9.17, 15) is 9.18 Å². The smallest absolute Gasteiger partial charge is 0.212 e. The number of carbonyl (C=O) groups is 1. The maximum atomic E-state index is 13.5. The number of likely N-dealkylation sites (N-methyl/N-ethyl adjacent to an activating group) is 1. The summed E-state index contributed by atoms with van der Waals surface area (Å²) in [7, 11) is 3.87. The number of aryl methyl sites for hydroxylation is 1. The molecule has 1 aromatic carbocycles. The molecule has 6 heteroatoms. The van der Waals surface area contributed by atoms with Gasteiger partial charge in [0, 0.05) is 12.1 Å². The van der Waals surface area contributed by atoms with E-state index >= 15 is 0 Å². The Morgan fingerprint density at radius 3 is 2.71 bits per heavy atom. The lowest BCUT2D eigenvalue weighted by molar-refractivity contribution is 0.102. The summed E-state index contributed by atoms with van der Waals surface area (Å²) in [5, 5.41) is 4.40. The molecule has 0 spiro atoms. The van der Waals surface area contributed by atoms with Crippen LogP contribution in [0.5, 0.6) is 0 Å². The zero-order valence-corrected chi connectivity index (χ0v) is 13.0. The summed E-state index contributed by atoms with van der Waals surface area (Å²) in [4.78, 5) is 14.6. The van der Waals surface area contributed by atoms with Gasteiger partial charge in [-0.05, 0) is 44.8 Å². The van der Waals surface area contributed by atoms with Gasteiger partial charge in [0.2, 0.25) is 5.78 Å². The van der Waals surface area contributed by atoms with E-state index in [4.69, 9.17) is 11.6 Å². The standard InChI is InChI=1S/C15H17ClFN3O/c1-10-6-11(8-12(17)7-10)15(21)14-13(16)9-18-20(14)5-4-19(2)3/h6-9H,4-5H2,1-3H3. The first-order valence-electron chi connectivity index (χ1n) is 6.56. The molecule has 1 heterocycles. The fourth-order valence-corrected chi connectivity index (χ4v) is 2.28. The highest BCUT2D eigenvalue weighted by atomic mass is 35.5. The topological polar surface area (TPSA) is 38.1 Å². The van der Waals surface area contributed by atoms with E-state index in [1.54, 1.807) is 17.7 Å². The predicted molar refractivity (Wildman–Crippen MR) is 80.4 cm³/mol. The second kappa shape index (κ2) is 6.37. The lowest BCUT2D eigenvalue weighted by atomic mass is 10.1. The summed E-state index contributed by atoms with van der Waals surface area (Å²) in [6, 6.07) is 4.24. The van der Waals surface area contributed by atoms with Crippen molar-refractivity contribution < 1.29 is 9.18 Å². The van der Waals surface area contributed by atoms with Gasteiger partial charge in [-0.1, -0.05) is 11.6 Å². The number of ketones is 1. The molecule has 0 fully saturated rings. The van der Waals surface area contributed by atoms with Gasteiger partial charge in [0.1, 0.15) is 11.5 Å². The third kappa shape index (κ3) is 3.68. The molecule has 0 aliphatic carbocycles. The Morgan fingerprint density at radius 1 is 1.38 bits per heavy atom. The Bertz CT molecular complexity index is 647. The molecule has 0 amide bonds. The van der Waals surface area contributed by atoms with E-state index in [-0.39, 0.29) is 16.4 Å². The lowest BCUT2D eigenvalue weighted by Crippen LogP contribution is -2.21. The van der Waals surface area contributed by atoms with Gasteiger partial charge >= 0.3 is 0 Å². The van der Waals surface area contributed by atoms with Crippen LogP contribution in [0.25, 0.3) is 0 Å². The number of rotatable bonds is 5. The van der Waals surface area contributed by atoms with Gasteiger partial charge in [0.15, 0.2) is 0 Å². The number of hydrogen-bond donors (Lipinski definition) is 0. The summed E-state index contributed by atoms with van der Waals surface area (Å²) in [5.74, 6) is -0.757. The van der Waals surface area contributed by atoms with Crippen LogP contribution >= 0.6 is 11.6 Å². The molecule has 0 aliphatic heterocycles. The van der Waals surface area contributed by atoms with Crippen molar-refractivity contribution in [1.82, 2.24) is 14.7 Å². The molecule has 0 bridgehead atoms. The molecule has 21 heavy (non-hydrogen) atoms. The molecule has 0 aliphatic rings. The van der Waals surface area contributed by atoms with Gasteiger partial charge in [-0.2, -0.15) is 5.10 Å². The highest BCUT2D eigenvalue weighted by molar-refractivity contribution is 6.34. The summed E-state index contributed by atoms with van der Waals surface area (Å²) in [5.41, 5.74) is 1.26. The first-order chi connectivity index (χ1) is 9.88. The number of benzene rings is 1. The van der Waals surface area contributed by atoms with Gasteiger partial charge in [-0.25, -0.2) is 4.39 Å².